The van der Waals surface area contributed by atoms with Gasteiger partial charge in [0.2, 0.25) is 0 Å². The quantitative estimate of drug-likeness (QED) is 0.821. The smallest absolute Gasteiger partial charge is 0.129 e. The van der Waals surface area contributed by atoms with E-state index in [9.17, 15) is 0 Å². The minimum Gasteiger partial charge on any atom is -0.372 e. The molecule has 1 saturated heterocycles. The molecule has 0 bridgehead atoms. The first-order valence-corrected chi connectivity index (χ1v) is 5.57. The van der Waals surface area contributed by atoms with Crippen molar-refractivity contribution in [3.8, 4) is 0 Å². The molecule has 0 radical (unpaired) electrons. The summed E-state index contributed by atoms with van der Waals surface area (Å²) in [5.74, 6) is 0.900. The zero-order valence-electron chi connectivity index (χ0n) is 9.07. The highest BCUT2D eigenvalue weighted by Gasteiger charge is 2.19. The number of ether oxygens (including phenoxy) is 1. The lowest BCUT2D eigenvalue weighted by Crippen LogP contribution is -2.05. The second kappa shape index (κ2) is 5.07. The van der Waals surface area contributed by atoms with Gasteiger partial charge in [-0.2, -0.15) is 0 Å². The minimum atomic E-state index is 0.176. The van der Waals surface area contributed by atoms with Crippen LogP contribution < -0.4 is 5.32 Å². The van der Waals surface area contributed by atoms with Crippen molar-refractivity contribution in [2.45, 2.75) is 32.3 Å². The second-order valence-corrected chi connectivity index (χ2v) is 3.76. The third-order valence-corrected chi connectivity index (χ3v) is 2.50. The SMILES string of the molecule is CCCNc1cc(C2CCCO2)ncn1. The van der Waals surface area contributed by atoms with Crippen molar-refractivity contribution in [2.75, 3.05) is 18.5 Å². The van der Waals surface area contributed by atoms with Gasteiger partial charge < -0.3 is 10.1 Å². The molecule has 0 aromatic carbocycles. The van der Waals surface area contributed by atoms with Gasteiger partial charge >= 0.3 is 0 Å². The summed E-state index contributed by atoms with van der Waals surface area (Å²) in [6, 6.07) is 1.99. The fraction of sp³-hybridized carbons (Fsp3) is 0.636. The Balaban J connectivity index is 2.04. The summed E-state index contributed by atoms with van der Waals surface area (Å²) in [4.78, 5) is 8.42. The number of rotatable bonds is 4. The van der Waals surface area contributed by atoms with Gasteiger partial charge in [0.25, 0.3) is 0 Å². The number of aromatic nitrogens is 2. The van der Waals surface area contributed by atoms with Crippen LogP contribution >= 0.6 is 0 Å². The van der Waals surface area contributed by atoms with E-state index >= 15 is 0 Å². The summed E-state index contributed by atoms with van der Waals surface area (Å²) in [5.41, 5.74) is 1.00. The van der Waals surface area contributed by atoms with Gasteiger partial charge in [0.1, 0.15) is 12.1 Å². The van der Waals surface area contributed by atoms with Crippen molar-refractivity contribution in [3.63, 3.8) is 0 Å². The molecule has 2 rings (SSSR count). The maximum atomic E-state index is 5.58. The van der Waals surface area contributed by atoms with Crippen LogP contribution in [0.25, 0.3) is 0 Å². The fourth-order valence-corrected chi connectivity index (χ4v) is 1.71. The van der Waals surface area contributed by atoms with Gasteiger partial charge in [-0.15, -0.1) is 0 Å². The molecule has 1 aromatic rings. The molecular weight excluding hydrogens is 190 g/mol. The number of hydrogen-bond acceptors (Lipinski definition) is 4. The number of hydrogen-bond donors (Lipinski definition) is 1. The van der Waals surface area contributed by atoms with Crippen LogP contribution in [0.15, 0.2) is 12.4 Å². The maximum Gasteiger partial charge on any atom is 0.129 e. The fourth-order valence-electron chi connectivity index (χ4n) is 1.71. The van der Waals surface area contributed by atoms with Crippen LogP contribution in [0.4, 0.5) is 5.82 Å². The van der Waals surface area contributed by atoms with E-state index in [1.165, 1.54) is 0 Å². The van der Waals surface area contributed by atoms with Gasteiger partial charge in [0.15, 0.2) is 0 Å². The van der Waals surface area contributed by atoms with Crippen molar-refractivity contribution in [3.05, 3.63) is 18.1 Å². The average Bonchev–Trinajstić information content (AvgIpc) is 2.80. The first kappa shape index (κ1) is 10.4. The van der Waals surface area contributed by atoms with Gasteiger partial charge in [0, 0.05) is 19.2 Å². The van der Waals surface area contributed by atoms with Gasteiger partial charge in [0.05, 0.1) is 11.8 Å². The molecule has 1 unspecified atom stereocenters. The molecule has 1 aliphatic heterocycles. The zero-order valence-corrected chi connectivity index (χ0v) is 9.07. The number of anilines is 1. The zero-order chi connectivity index (χ0) is 10.5. The highest BCUT2D eigenvalue weighted by Crippen LogP contribution is 2.27. The Labute approximate surface area is 90.1 Å². The molecule has 1 aromatic heterocycles. The molecule has 1 fully saturated rings. The summed E-state index contributed by atoms with van der Waals surface area (Å²) in [6.07, 6.45) is 5.08. The summed E-state index contributed by atoms with van der Waals surface area (Å²) < 4.78 is 5.58. The lowest BCUT2D eigenvalue weighted by molar-refractivity contribution is 0.108. The monoisotopic (exact) mass is 207 g/mol. The highest BCUT2D eigenvalue weighted by atomic mass is 16.5. The molecule has 1 N–H and O–H groups in total. The Hall–Kier alpha value is -1.16. The Bertz CT molecular complexity index is 310. The van der Waals surface area contributed by atoms with E-state index < -0.39 is 0 Å². The molecule has 15 heavy (non-hydrogen) atoms. The van der Waals surface area contributed by atoms with Crippen LogP contribution in [0.3, 0.4) is 0 Å². The molecule has 0 saturated carbocycles. The van der Waals surface area contributed by atoms with Gasteiger partial charge in [-0.1, -0.05) is 6.92 Å². The summed E-state index contributed by atoms with van der Waals surface area (Å²) in [6.45, 7) is 3.93. The summed E-state index contributed by atoms with van der Waals surface area (Å²) in [7, 11) is 0. The predicted octanol–water partition coefficient (Wildman–Crippen LogP) is 2.15. The van der Waals surface area contributed by atoms with E-state index in [0.29, 0.717) is 0 Å². The molecule has 0 amide bonds. The lowest BCUT2D eigenvalue weighted by Gasteiger charge is -2.10. The van der Waals surface area contributed by atoms with Crippen molar-refractivity contribution >= 4 is 5.82 Å². The summed E-state index contributed by atoms with van der Waals surface area (Å²) in [5, 5.41) is 3.25. The van der Waals surface area contributed by atoms with E-state index in [4.69, 9.17) is 4.74 Å². The van der Waals surface area contributed by atoms with E-state index in [1.807, 2.05) is 6.07 Å². The standard InChI is InChI=1S/C11H17N3O/c1-2-5-12-11-7-9(13-8-14-11)10-4-3-6-15-10/h7-8,10H,2-6H2,1H3,(H,12,13,14). The van der Waals surface area contributed by atoms with Crippen molar-refractivity contribution in [2.24, 2.45) is 0 Å². The van der Waals surface area contributed by atoms with Crippen LogP contribution in [0.5, 0.6) is 0 Å². The molecule has 82 valence electrons. The Morgan fingerprint density at radius 1 is 1.53 bits per heavy atom. The van der Waals surface area contributed by atoms with Gasteiger partial charge in [-0.3, -0.25) is 0 Å². The molecule has 1 aliphatic rings. The molecule has 2 heterocycles. The molecule has 4 heteroatoms. The third-order valence-electron chi connectivity index (χ3n) is 2.50. The highest BCUT2D eigenvalue weighted by molar-refractivity contribution is 5.35. The van der Waals surface area contributed by atoms with Gasteiger partial charge in [-0.25, -0.2) is 9.97 Å². The molecule has 1 atom stereocenters. The molecule has 4 nitrogen and oxygen atoms in total. The summed E-state index contributed by atoms with van der Waals surface area (Å²) >= 11 is 0. The van der Waals surface area contributed by atoms with E-state index in [0.717, 1.165) is 43.9 Å². The predicted molar refractivity (Wildman–Crippen MR) is 58.7 cm³/mol. The molecule has 0 spiro atoms. The van der Waals surface area contributed by atoms with Crippen LogP contribution in [0.2, 0.25) is 0 Å². The molecular formula is C11H17N3O. The molecule has 0 aliphatic carbocycles. The topological polar surface area (TPSA) is 47.0 Å². The van der Waals surface area contributed by atoms with Crippen molar-refractivity contribution in [1.82, 2.24) is 9.97 Å². The second-order valence-electron chi connectivity index (χ2n) is 3.76. The average molecular weight is 207 g/mol. The lowest BCUT2D eigenvalue weighted by atomic mass is 10.2. The van der Waals surface area contributed by atoms with Crippen molar-refractivity contribution < 1.29 is 4.74 Å². The van der Waals surface area contributed by atoms with Crippen LogP contribution in [-0.2, 0) is 4.74 Å². The first-order chi connectivity index (χ1) is 7.40. The Morgan fingerprint density at radius 3 is 3.20 bits per heavy atom. The Morgan fingerprint density at radius 2 is 2.47 bits per heavy atom. The Kier molecular flexibility index (Phi) is 3.50. The number of nitrogens with one attached hydrogen (secondary N) is 1. The minimum absolute atomic E-state index is 0.176. The normalized spacial score (nSPS) is 20.5. The maximum absolute atomic E-state index is 5.58. The number of nitrogens with zero attached hydrogens (tertiary/aromatic N) is 2. The van der Waals surface area contributed by atoms with E-state index in [1.54, 1.807) is 6.33 Å². The van der Waals surface area contributed by atoms with Gasteiger partial charge in [-0.05, 0) is 19.3 Å². The van der Waals surface area contributed by atoms with E-state index in [-0.39, 0.29) is 6.10 Å². The van der Waals surface area contributed by atoms with Crippen LogP contribution in [0, 0.1) is 0 Å². The van der Waals surface area contributed by atoms with Crippen LogP contribution in [-0.4, -0.2) is 23.1 Å². The largest absolute Gasteiger partial charge is 0.372 e. The van der Waals surface area contributed by atoms with Crippen molar-refractivity contribution in [1.29, 1.82) is 0 Å². The van der Waals surface area contributed by atoms with Crippen LogP contribution in [0.1, 0.15) is 38.0 Å². The third kappa shape index (κ3) is 2.65. The van der Waals surface area contributed by atoms with E-state index in [2.05, 4.69) is 22.2 Å². The first-order valence-electron chi connectivity index (χ1n) is 5.57.